The van der Waals surface area contributed by atoms with Gasteiger partial charge in [0, 0.05) is 5.92 Å². The smallest absolute Gasteiger partial charge is 0.0142 e. The molecule has 1 atom stereocenters. The quantitative estimate of drug-likeness (QED) is 0.485. The Hall–Kier alpha value is -2.60. The molecule has 0 spiro atoms. The molecule has 1 unspecified atom stereocenters. The second-order valence-corrected chi connectivity index (χ2v) is 6.48. The van der Waals surface area contributed by atoms with Gasteiger partial charge in [-0.25, -0.2) is 0 Å². The van der Waals surface area contributed by atoms with Crippen molar-refractivity contribution in [1.29, 1.82) is 0 Å². The molecule has 0 saturated heterocycles. The van der Waals surface area contributed by atoms with Gasteiger partial charge in [-0.1, -0.05) is 85.0 Å². The van der Waals surface area contributed by atoms with E-state index in [-0.39, 0.29) is 0 Å². The van der Waals surface area contributed by atoms with Crippen LogP contribution in [0.2, 0.25) is 0 Å². The molecule has 0 aromatic heterocycles. The molecule has 0 aliphatic heterocycles. The lowest BCUT2D eigenvalue weighted by Gasteiger charge is -2.16. The molecular weight excluding hydrogens is 276 g/mol. The maximum atomic E-state index is 4.23. The third-order valence-corrected chi connectivity index (χ3v) is 5.00. The van der Waals surface area contributed by atoms with E-state index < -0.39 is 0 Å². The number of allylic oxidation sites excluding steroid dienone is 2. The highest BCUT2D eigenvalue weighted by atomic mass is 14.3. The van der Waals surface area contributed by atoms with E-state index in [1.54, 1.807) is 0 Å². The molecule has 0 nitrogen and oxygen atoms in total. The van der Waals surface area contributed by atoms with Crippen LogP contribution in [-0.2, 0) is 0 Å². The summed E-state index contributed by atoms with van der Waals surface area (Å²) in [6.07, 6.45) is 0.942. The van der Waals surface area contributed by atoms with E-state index in [0.29, 0.717) is 5.92 Å². The highest BCUT2D eigenvalue weighted by Gasteiger charge is 2.29. The molecule has 0 heterocycles. The monoisotopic (exact) mass is 296 g/mol. The molecule has 0 bridgehead atoms. The van der Waals surface area contributed by atoms with Crippen LogP contribution < -0.4 is 0 Å². The van der Waals surface area contributed by atoms with Crippen molar-refractivity contribution in [1.82, 2.24) is 0 Å². The van der Waals surface area contributed by atoms with Crippen LogP contribution >= 0.6 is 0 Å². The first-order valence-electron chi connectivity index (χ1n) is 8.11. The summed E-state index contributed by atoms with van der Waals surface area (Å²) in [5.74, 6) is 0.384. The van der Waals surface area contributed by atoms with E-state index in [0.717, 1.165) is 17.6 Å². The predicted octanol–water partition coefficient (Wildman–Crippen LogP) is 6.47. The minimum Gasteiger partial charge on any atom is -0.0959 e. The lowest BCUT2D eigenvalue weighted by molar-refractivity contribution is 0.825. The second kappa shape index (κ2) is 5.24. The summed E-state index contributed by atoms with van der Waals surface area (Å²) in [4.78, 5) is 0. The van der Waals surface area contributed by atoms with Gasteiger partial charge in [-0.15, -0.1) is 0 Å². The predicted molar refractivity (Wildman–Crippen MR) is 99.8 cm³/mol. The molecule has 0 radical (unpaired) electrons. The second-order valence-electron chi connectivity index (χ2n) is 6.48. The highest BCUT2D eigenvalue weighted by Crippen LogP contribution is 2.50. The minimum atomic E-state index is 0.384. The molecule has 0 fully saturated rings. The van der Waals surface area contributed by atoms with Crippen LogP contribution in [-0.4, -0.2) is 0 Å². The zero-order chi connectivity index (χ0) is 16.0. The largest absolute Gasteiger partial charge is 0.0959 e. The Morgan fingerprint density at radius 3 is 2.43 bits per heavy atom. The van der Waals surface area contributed by atoms with Crippen LogP contribution in [0.15, 0.2) is 85.0 Å². The maximum Gasteiger partial charge on any atom is 0.0142 e. The molecule has 0 amide bonds. The molecular formula is C23H20. The molecule has 3 aromatic carbocycles. The Kier molecular flexibility index (Phi) is 3.20. The number of fused-ring (bicyclic) bond motifs is 5. The molecule has 23 heavy (non-hydrogen) atoms. The Morgan fingerprint density at radius 1 is 0.870 bits per heavy atom. The molecule has 1 aliphatic carbocycles. The number of hydrogen-bond donors (Lipinski definition) is 0. The lowest BCUT2D eigenvalue weighted by Crippen LogP contribution is -1.99. The third-order valence-electron chi connectivity index (χ3n) is 5.00. The lowest BCUT2D eigenvalue weighted by atomic mass is 9.88. The van der Waals surface area contributed by atoms with Gasteiger partial charge in [-0.05, 0) is 46.4 Å². The van der Waals surface area contributed by atoms with Crippen molar-refractivity contribution < 1.29 is 0 Å². The number of hydrogen-bond acceptors (Lipinski definition) is 0. The SMILES string of the molecule is C=C(C)C(=C)CC1c2ccccc2-c2c1ccc1ccccc21. The van der Waals surface area contributed by atoms with Gasteiger partial charge in [0.05, 0.1) is 0 Å². The van der Waals surface area contributed by atoms with Crippen molar-refractivity contribution in [2.45, 2.75) is 19.3 Å². The Balaban J connectivity index is 1.97. The third kappa shape index (κ3) is 2.14. The molecule has 0 heteroatoms. The molecule has 0 N–H and O–H groups in total. The van der Waals surface area contributed by atoms with Crippen LogP contribution in [0.1, 0.15) is 30.4 Å². The number of benzene rings is 3. The van der Waals surface area contributed by atoms with Gasteiger partial charge in [0.2, 0.25) is 0 Å². The summed E-state index contributed by atoms with van der Waals surface area (Å²) in [5, 5.41) is 2.65. The van der Waals surface area contributed by atoms with Crippen molar-refractivity contribution in [2.75, 3.05) is 0 Å². The van der Waals surface area contributed by atoms with Crippen LogP contribution in [0.5, 0.6) is 0 Å². The maximum absolute atomic E-state index is 4.23. The van der Waals surface area contributed by atoms with Gasteiger partial charge < -0.3 is 0 Å². The van der Waals surface area contributed by atoms with E-state index in [4.69, 9.17) is 0 Å². The van der Waals surface area contributed by atoms with Crippen molar-refractivity contribution in [3.05, 3.63) is 96.1 Å². The van der Waals surface area contributed by atoms with Gasteiger partial charge >= 0.3 is 0 Å². The Morgan fingerprint density at radius 2 is 1.61 bits per heavy atom. The van der Waals surface area contributed by atoms with Gasteiger partial charge in [0.15, 0.2) is 0 Å². The van der Waals surface area contributed by atoms with Crippen LogP contribution in [0.3, 0.4) is 0 Å². The van der Waals surface area contributed by atoms with Crippen molar-refractivity contribution >= 4 is 10.8 Å². The van der Waals surface area contributed by atoms with E-state index in [2.05, 4.69) is 73.8 Å². The molecule has 1 aliphatic rings. The number of rotatable bonds is 3. The summed E-state index contributed by atoms with van der Waals surface area (Å²) in [5.41, 5.74) is 7.84. The zero-order valence-electron chi connectivity index (χ0n) is 13.5. The van der Waals surface area contributed by atoms with Crippen LogP contribution in [0, 0.1) is 0 Å². The summed E-state index contributed by atoms with van der Waals surface area (Å²) in [6.45, 7) is 10.3. The van der Waals surface area contributed by atoms with Crippen molar-refractivity contribution in [3.63, 3.8) is 0 Å². The first kappa shape index (κ1) is 14.0. The van der Waals surface area contributed by atoms with E-state index in [9.17, 15) is 0 Å². The first-order valence-corrected chi connectivity index (χ1v) is 8.11. The topological polar surface area (TPSA) is 0 Å². The van der Waals surface area contributed by atoms with Gasteiger partial charge in [-0.2, -0.15) is 0 Å². The van der Waals surface area contributed by atoms with Gasteiger partial charge in [0.1, 0.15) is 0 Å². The summed E-state index contributed by atoms with van der Waals surface area (Å²) in [6, 6.07) is 22.0. The van der Waals surface area contributed by atoms with Crippen molar-refractivity contribution in [3.8, 4) is 11.1 Å². The van der Waals surface area contributed by atoms with Gasteiger partial charge in [-0.3, -0.25) is 0 Å². The fraction of sp³-hybridized carbons (Fsp3) is 0.130. The summed E-state index contributed by atoms with van der Waals surface area (Å²) < 4.78 is 0. The van der Waals surface area contributed by atoms with Crippen LogP contribution in [0.4, 0.5) is 0 Å². The normalized spacial score (nSPS) is 15.3. The van der Waals surface area contributed by atoms with Crippen molar-refractivity contribution in [2.24, 2.45) is 0 Å². The highest BCUT2D eigenvalue weighted by molar-refractivity contribution is 6.01. The molecule has 3 aromatic rings. The molecule has 4 rings (SSSR count). The van der Waals surface area contributed by atoms with E-state index in [1.165, 1.54) is 33.0 Å². The minimum absolute atomic E-state index is 0.384. The fourth-order valence-electron chi connectivity index (χ4n) is 3.72. The standard InChI is InChI=1S/C23H20/c1-15(2)16(3)14-22-19-10-6-7-11-20(19)23-18-9-5-4-8-17(18)12-13-21(22)23/h4-13,22H,1,3,14H2,2H3. The summed E-state index contributed by atoms with van der Waals surface area (Å²) in [7, 11) is 0. The Labute approximate surface area is 137 Å². The van der Waals surface area contributed by atoms with E-state index in [1.807, 2.05) is 6.92 Å². The Bertz CT molecular complexity index is 943. The van der Waals surface area contributed by atoms with E-state index >= 15 is 0 Å². The molecule has 0 saturated carbocycles. The zero-order valence-corrected chi connectivity index (χ0v) is 13.5. The van der Waals surface area contributed by atoms with Crippen LogP contribution in [0.25, 0.3) is 21.9 Å². The average molecular weight is 296 g/mol. The fourth-order valence-corrected chi connectivity index (χ4v) is 3.72. The van der Waals surface area contributed by atoms with Gasteiger partial charge in [0.25, 0.3) is 0 Å². The summed E-state index contributed by atoms with van der Waals surface area (Å²) >= 11 is 0. The molecule has 112 valence electrons. The first-order chi connectivity index (χ1) is 11.2. The average Bonchev–Trinajstić information content (AvgIpc) is 2.89.